The fourth-order valence-electron chi connectivity index (χ4n) is 3.23. The number of hydrogen-bond acceptors (Lipinski definition) is 5. The van der Waals surface area contributed by atoms with Gasteiger partial charge in [-0.05, 0) is 48.1 Å². The molecule has 0 N–H and O–H groups in total. The van der Waals surface area contributed by atoms with Crippen molar-refractivity contribution < 1.29 is 19.1 Å². The number of rotatable bonds is 12. The van der Waals surface area contributed by atoms with Crippen LogP contribution in [0.4, 0.5) is 0 Å². The van der Waals surface area contributed by atoms with E-state index in [-0.39, 0.29) is 18.4 Å². The molecular weight excluding hydrogens is 412 g/mol. The molecule has 0 radical (unpaired) electrons. The quantitative estimate of drug-likeness (QED) is 0.463. The number of thiophene rings is 1. The zero-order valence-corrected chi connectivity index (χ0v) is 19.7. The van der Waals surface area contributed by atoms with Crippen LogP contribution in [0.2, 0.25) is 0 Å². The summed E-state index contributed by atoms with van der Waals surface area (Å²) in [6, 6.07) is 7.84. The predicted molar refractivity (Wildman–Crippen MR) is 125 cm³/mol. The maximum atomic E-state index is 13.2. The van der Waals surface area contributed by atoms with Gasteiger partial charge in [0.2, 0.25) is 11.8 Å². The summed E-state index contributed by atoms with van der Waals surface area (Å²) in [5, 5.41) is 2.03. The molecule has 1 heterocycles. The molecule has 0 atom stereocenters. The Labute approximate surface area is 189 Å². The summed E-state index contributed by atoms with van der Waals surface area (Å²) in [5.41, 5.74) is 2.22. The first-order valence-electron chi connectivity index (χ1n) is 10.3. The lowest BCUT2D eigenvalue weighted by Gasteiger charge is -2.27. The lowest BCUT2D eigenvalue weighted by molar-refractivity contribution is -0.140. The van der Waals surface area contributed by atoms with Gasteiger partial charge in [-0.2, -0.15) is 0 Å². The van der Waals surface area contributed by atoms with E-state index in [0.717, 1.165) is 10.4 Å². The molecule has 1 aromatic heterocycles. The smallest absolute Gasteiger partial charge is 0.242 e. The minimum absolute atomic E-state index is 0.0506. The second-order valence-corrected chi connectivity index (χ2v) is 8.20. The van der Waals surface area contributed by atoms with Gasteiger partial charge in [0.1, 0.15) is 6.54 Å². The van der Waals surface area contributed by atoms with Gasteiger partial charge in [-0.1, -0.05) is 19.1 Å². The largest absolute Gasteiger partial charge is 0.493 e. The van der Waals surface area contributed by atoms with Gasteiger partial charge in [0.25, 0.3) is 0 Å². The van der Waals surface area contributed by atoms with Crippen LogP contribution in [0.3, 0.4) is 0 Å². The van der Waals surface area contributed by atoms with Crippen LogP contribution < -0.4 is 9.47 Å². The standard InChI is InChI=1S/C24H32N2O4S/c1-6-12-25(23(27)7-2)17-24(28)26(16-22-18(3)11-14-31-22)13-10-19-8-9-20(29-4)21(15-19)30-5/h6,8-9,11,14-15H,1,7,10,12-13,16-17H2,2-5H3. The van der Waals surface area contributed by atoms with Crippen LogP contribution in [-0.4, -0.2) is 55.5 Å². The second kappa shape index (κ2) is 12.2. The number of nitrogens with zero attached hydrogens (tertiary/aromatic N) is 2. The fraction of sp³-hybridized carbons (Fsp3) is 0.417. The first-order chi connectivity index (χ1) is 14.9. The zero-order valence-electron chi connectivity index (χ0n) is 18.8. The summed E-state index contributed by atoms with van der Waals surface area (Å²) in [6.45, 7) is 9.03. The van der Waals surface area contributed by atoms with Crippen molar-refractivity contribution in [2.75, 3.05) is 33.9 Å². The molecule has 7 heteroatoms. The topological polar surface area (TPSA) is 59.1 Å². The number of methoxy groups -OCH3 is 2. The Bertz CT molecular complexity index is 893. The van der Waals surface area contributed by atoms with Crippen molar-refractivity contribution in [3.8, 4) is 11.5 Å². The molecule has 0 fully saturated rings. The van der Waals surface area contributed by atoms with E-state index >= 15 is 0 Å². The third-order valence-electron chi connectivity index (χ3n) is 5.10. The van der Waals surface area contributed by atoms with Gasteiger partial charge in [0.05, 0.1) is 20.8 Å². The van der Waals surface area contributed by atoms with Crippen molar-refractivity contribution in [2.45, 2.75) is 33.2 Å². The maximum absolute atomic E-state index is 13.2. The van der Waals surface area contributed by atoms with E-state index < -0.39 is 0 Å². The molecule has 0 bridgehead atoms. The highest BCUT2D eigenvalue weighted by Gasteiger charge is 2.21. The van der Waals surface area contributed by atoms with Crippen molar-refractivity contribution >= 4 is 23.2 Å². The minimum Gasteiger partial charge on any atom is -0.493 e. The molecule has 0 aliphatic carbocycles. The molecule has 1 aromatic carbocycles. The maximum Gasteiger partial charge on any atom is 0.242 e. The molecule has 0 saturated heterocycles. The Morgan fingerprint density at radius 2 is 1.84 bits per heavy atom. The molecule has 168 valence electrons. The fourth-order valence-corrected chi connectivity index (χ4v) is 4.15. The molecule has 0 spiro atoms. The van der Waals surface area contributed by atoms with Gasteiger partial charge in [0, 0.05) is 24.4 Å². The Hall–Kier alpha value is -2.80. The molecule has 0 saturated carbocycles. The van der Waals surface area contributed by atoms with Crippen LogP contribution in [-0.2, 0) is 22.6 Å². The lowest BCUT2D eigenvalue weighted by Crippen LogP contribution is -2.43. The van der Waals surface area contributed by atoms with E-state index in [1.54, 1.807) is 43.5 Å². The van der Waals surface area contributed by atoms with E-state index in [4.69, 9.17) is 9.47 Å². The van der Waals surface area contributed by atoms with Gasteiger partial charge >= 0.3 is 0 Å². The Balaban J connectivity index is 2.18. The average molecular weight is 445 g/mol. The number of amides is 2. The normalized spacial score (nSPS) is 10.5. The lowest BCUT2D eigenvalue weighted by atomic mass is 10.1. The van der Waals surface area contributed by atoms with Crippen molar-refractivity contribution in [1.82, 2.24) is 9.80 Å². The molecule has 2 rings (SSSR count). The molecule has 2 amide bonds. The molecule has 31 heavy (non-hydrogen) atoms. The van der Waals surface area contributed by atoms with Crippen LogP contribution in [0, 0.1) is 6.92 Å². The van der Waals surface area contributed by atoms with Gasteiger partial charge in [-0.25, -0.2) is 0 Å². The Morgan fingerprint density at radius 3 is 2.42 bits per heavy atom. The van der Waals surface area contributed by atoms with E-state index in [0.29, 0.717) is 44.0 Å². The Morgan fingerprint density at radius 1 is 1.10 bits per heavy atom. The number of aryl methyl sites for hydroxylation is 1. The van der Waals surface area contributed by atoms with Crippen LogP contribution in [0.15, 0.2) is 42.3 Å². The third-order valence-corrected chi connectivity index (χ3v) is 6.11. The van der Waals surface area contributed by atoms with E-state index in [2.05, 4.69) is 12.6 Å². The SMILES string of the molecule is C=CCN(CC(=O)N(CCc1ccc(OC)c(OC)c1)Cc1sccc1C)C(=O)CC. The first-order valence-corrected chi connectivity index (χ1v) is 11.2. The van der Waals surface area contributed by atoms with Crippen LogP contribution >= 0.6 is 11.3 Å². The molecule has 0 aliphatic heterocycles. The average Bonchev–Trinajstić information content (AvgIpc) is 3.19. The van der Waals surface area contributed by atoms with Crippen LogP contribution in [0.25, 0.3) is 0 Å². The van der Waals surface area contributed by atoms with Gasteiger partial charge in [0.15, 0.2) is 11.5 Å². The second-order valence-electron chi connectivity index (χ2n) is 7.20. The number of carbonyl (C=O) groups is 2. The van der Waals surface area contributed by atoms with Crippen molar-refractivity contribution in [1.29, 1.82) is 0 Å². The van der Waals surface area contributed by atoms with E-state index in [9.17, 15) is 9.59 Å². The van der Waals surface area contributed by atoms with Crippen molar-refractivity contribution in [3.05, 3.63) is 58.3 Å². The van der Waals surface area contributed by atoms with Gasteiger partial charge in [-0.15, -0.1) is 17.9 Å². The van der Waals surface area contributed by atoms with Crippen LogP contribution in [0.5, 0.6) is 11.5 Å². The summed E-state index contributed by atoms with van der Waals surface area (Å²) >= 11 is 1.64. The molecule has 2 aromatic rings. The molecular formula is C24H32N2O4S. The Kier molecular flexibility index (Phi) is 9.59. The van der Waals surface area contributed by atoms with Crippen LogP contribution in [0.1, 0.15) is 29.3 Å². The highest BCUT2D eigenvalue weighted by molar-refractivity contribution is 7.10. The zero-order chi connectivity index (χ0) is 22.8. The van der Waals surface area contributed by atoms with Crippen molar-refractivity contribution in [3.63, 3.8) is 0 Å². The molecule has 0 unspecified atom stereocenters. The molecule has 0 aliphatic rings. The number of hydrogen-bond donors (Lipinski definition) is 0. The van der Waals surface area contributed by atoms with Gasteiger partial charge in [-0.3, -0.25) is 9.59 Å². The predicted octanol–water partition coefficient (Wildman–Crippen LogP) is 4.07. The first kappa shape index (κ1) is 24.5. The van der Waals surface area contributed by atoms with Gasteiger partial charge < -0.3 is 19.3 Å². The summed E-state index contributed by atoms with van der Waals surface area (Å²) in [4.78, 5) is 29.9. The summed E-state index contributed by atoms with van der Waals surface area (Å²) in [7, 11) is 3.21. The third kappa shape index (κ3) is 6.85. The van der Waals surface area contributed by atoms with Crippen molar-refractivity contribution in [2.24, 2.45) is 0 Å². The minimum atomic E-state index is -0.0723. The summed E-state index contributed by atoms with van der Waals surface area (Å²) in [6.07, 6.45) is 2.68. The van der Waals surface area contributed by atoms with E-state index in [1.807, 2.05) is 35.4 Å². The summed E-state index contributed by atoms with van der Waals surface area (Å²) in [5.74, 6) is 1.21. The number of ether oxygens (including phenoxy) is 2. The highest BCUT2D eigenvalue weighted by atomic mass is 32.1. The number of benzene rings is 1. The monoisotopic (exact) mass is 444 g/mol. The highest BCUT2D eigenvalue weighted by Crippen LogP contribution is 2.28. The summed E-state index contributed by atoms with van der Waals surface area (Å²) < 4.78 is 10.7. The molecule has 6 nitrogen and oxygen atoms in total. The number of carbonyl (C=O) groups excluding carboxylic acids is 2. The van der Waals surface area contributed by atoms with E-state index in [1.165, 1.54) is 5.56 Å².